The highest BCUT2D eigenvalue weighted by Gasteiger charge is 2.15. The first kappa shape index (κ1) is 13.8. The summed E-state index contributed by atoms with van der Waals surface area (Å²) in [5, 5.41) is 12.7. The van der Waals surface area contributed by atoms with Crippen LogP contribution in [0.1, 0.15) is 24.3 Å². The zero-order valence-electron chi connectivity index (χ0n) is 10.8. The molecule has 0 bridgehead atoms. The Morgan fingerprint density at radius 2 is 2.00 bits per heavy atom. The minimum Gasteiger partial charge on any atom is -0.468 e. The third kappa shape index (κ3) is 3.91. The molecular weight excluding hydrogens is 245 g/mol. The zero-order chi connectivity index (χ0) is 13.7. The van der Waals surface area contributed by atoms with Crippen molar-refractivity contribution >= 4 is 0 Å². The van der Waals surface area contributed by atoms with Crippen molar-refractivity contribution in [2.75, 3.05) is 6.61 Å². The number of nitrogens with one attached hydrogen (secondary N) is 1. The molecule has 0 amide bonds. The average molecular weight is 263 g/mol. The van der Waals surface area contributed by atoms with E-state index in [0.29, 0.717) is 5.76 Å². The van der Waals surface area contributed by atoms with Crippen molar-refractivity contribution < 1.29 is 13.9 Å². The topological polar surface area (TPSA) is 45.4 Å². The lowest BCUT2D eigenvalue weighted by Crippen LogP contribution is -2.33. The Labute approximate surface area is 112 Å². The fourth-order valence-electron chi connectivity index (χ4n) is 2.09. The molecular formula is C15H18FNO2. The van der Waals surface area contributed by atoms with E-state index in [1.807, 2.05) is 13.0 Å². The number of hydrogen-bond acceptors (Lipinski definition) is 3. The van der Waals surface area contributed by atoms with Crippen LogP contribution in [0.25, 0.3) is 0 Å². The van der Waals surface area contributed by atoms with Crippen LogP contribution in [-0.4, -0.2) is 17.8 Å². The molecule has 0 saturated carbocycles. The smallest absolute Gasteiger partial charge is 0.123 e. The molecule has 1 heterocycles. The highest BCUT2D eigenvalue weighted by Crippen LogP contribution is 2.14. The van der Waals surface area contributed by atoms with Gasteiger partial charge in [0.25, 0.3) is 0 Å². The summed E-state index contributed by atoms with van der Waals surface area (Å²) < 4.78 is 18.1. The lowest BCUT2D eigenvalue weighted by molar-refractivity contribution is 0.216. The summed E-state index contributed by atoms with van der Waals surface area (Å²) in [6.45, 7) is 2.00. The maximum absolute atomic E-state index is 12.8. The number of benzene rings is 1. The number of rotatable bonds is 6. The maximum atomic E-state index is 12.8. The Bertz CT molecular complexity index is 481. The van der Waals surface area contributed by atoms with E-state index in [1.54, 1.807) is 24.5 Å². The summed E-state index contributed by atoms with van der Waals surface area (Å²) in [6.07, 6.45) is 2.35. The van der Waals surface area contributed by atoms with Gasteiger partial charge in [-0.05, 0) is 43.2 Å². The van der Waals surface area contributed by atoms with Gasteiger partial charge in [-0.1, -0.05) is 12.1 Å². The highest BCUT2D eigenvalue weighted by atomic mass is 19.1. The van der Waals surface area contributed by atoms with Crippen molar-refractivity contribution in [3.05, 3.63) is 59.8 Å². The SMILES string of the molecule is CC(Cc1ccc(F)cc1)NC(CO)c1ccco1. The van der Waals surface area contributed by atoms with Crippen LogP contribution in [0.4, 0.5) is 4.39 Å². The molecule has 0 aliphatic rings. The summed E-state index contributed by atoms with van der Waals surface area (Å²) >= 11 is 0. The summed E-state index contributed by atoms with van der Waals surface area (Å²) in [7, 11) is 0. The molecule has 4 heteroatoms. The van der Waals surface area contributed by atoms with Crippen molar-refractivity contribution in [3.63, 3.8) is 0 Å². The van der Waals surface area contributed by atoms with Gasteiger partial charge < -0.3 is 14.8 Å². The Kier molecular flexibility index (Phi) is 4.71. The van der Waals surface area contributed by atoms with Gasteiger partial charge in [0.15, 0.2) is 0 Å². The van der Waals surface area contributed by atoms with Crippen molar-refractivity contribution in [2.24, 2.45) is 0 Å². The average Bonchev–Trinajstić information content (AvgIpc) is 2.92. The molecule has 0 aliphatic heterocycles. The number of furan rings is 1. The standard InChI is InChI=1S/C15H18FNO2/c1-11(9-12-4-6-13(16)7-5-12)17-14(10-18)15-3-2-8-19-15/h2-8,11,14,17-18H,9-10H2,1H3. The monoisotopic (exact) mass is 263 g/mol. The van der Waals surface area contributed by atoms with Crippen molar-refractivity contribution in [3.8, 4) is 0 Å². The molecule has 0 fully saturated rings. The summed E-state index contributed by atoms with van der Waals surface area (Å²) in [6, 6.07) is 10.0. The van der Waals surface area contributed by atoms with Gasteiger partial charge in [0.2, 0.25) is 0 Å². The molecule has 2 atom stereocenters. The van der Waals surface area contributed by atoms with Gasteiger partial charge in [0, 0.05) is 6.04 Å². The fourth-order valence-corrected chi connectivity index (χ4v) is 2.09. The van der Waals surface area contributed by atoms with Gasteiger partial charge >= 0.3 is 0 Å². The van der Waals surface area contributed by atoms with E-state index < -0.39 is 0 Å². The Balaban J connectivity index is 1.93. The molecule has 19 heavy (non-hydrogen) atoms. The number of aliphatic hydroxyl groups is 1. The van der Waals surface area contributed by atoms with Gasteiger partial charge in [-0.3, -0.25) is 0 Å². The summed E-state index contributed by atoms with van der Waals surface area (Å²) in [4.78, 5) is 0. The Morgan fingerprint density at radius 1 is 1.26 bits per heavy atom. The number of halogens is 1. The van der Waals surface area contributed by atoms with Gasteiger partial charge in [0.05, 0.1) is 18.9 Å². The van der Waals surface area contributed by atoms with Crippen LogP contribution in [0.2, 0.25) is 0 Å². The second-order valence-corrected chi connectivity index (χ2v) is 4.65. The van der Waals surface area contributed by atoms with Crippen molar-refractivity contribution in [2.45, 2.75) is 25.4 Å². The molecule has 0 aliphatic carbocycles. The minimum absolute atomic E-state index is 0.0265. The fraction of sp³-hybridized carbons (Fsp3) is 0.333. The van der Waals surface area contributed by atoms with Crippen LogP contribution in [0.15, 0.2) is 47.1 Å². The van der Waals surface area contributed by atoms with E-state index >= 15 is 0 Å². The Hall–Kier alpha value is -1.65. The van der Waals surface area contributed by atoms with Gasteiger partial charge in [-0.15, -0.1) is 0 Å². The molecule has 1 aromatic carbocycles. The zero-order valence-corrected chi connectivity index (χ0v) is 10.8. The van der Waals surface area contributed by atoms with Crippen LogP contribution in [0.3, 0.4) is 0 Å². The van der Waals surface area contributed by atoms with Crippen LogP contribution in [0, 0.1) is 5.82 Å². The molecule has 1 aromatic heterocycles. The van der Waals surface area contributed by atoms with E-state index in [0.717, 1.165) is 12.0 Å². The summed E-state index contributed by atoms with van der Waals surface area (Å²) in [5.74, 6) is 0.488. The highest BCUT2D eigenvalue weighted by molar-refractivity contribution is 5.17. The second kappa shape index (κ2) is 6.50. The van der Waals surface area contributed by atoms with Crippen LogP contribution in [0.5, 0.6) is 0 Å². The van der Waals surface area contributed by atoms with Crippen LogP contribution >= 0.6 is 0 Å². The first-order valence-corrected chi connectivity index (χ1v) is 6.34. The van der Waals surface area contributed by atoms with Crippen molar-refractivity contribution in [1.82, 2.24) is 5.32 Å². The third-order valence-electron chi connectivity index (χ3n) is 3.01. The van der Waals surface area contributed by atoms with Gasteiger partial charge in [-0.2, -0.15) is 0 Å². The molecule has 0 radical (unpaired) electrons. The van der Waals surface area contributed by atoms with E-state index in [9.17, 15) is 9.50 Å². The van der Waals surface area contributed by atoms with E-state index in [-0.39, 0.29) is 24.5 Å². The molecule has 102 valence electrons. The third-order valence-corrected chi connectivity index (χ3v) is 3.01. The maximum Gasteiger partial charge on any atom is 0.123 e. The lowest BCUT2D eigenvalue weighted by atomic mass is 10.1. The minimum atomic E-state index is -0.229. The van der Waals surface area contributed by atoms with E-state index in [1.165, 1.54) is 12.1 Å². The predicted molar refractivity (Wildman–Crippen MR) is 71.2 cm³/mol. The molecule has 3 nitrogen and oxygen atoms in total. The number of aliphatic hydroxyl groups excluding tert-OH is 1. The van der Waals surface area contributed by atoms with Gasteiger partial charge in [-0.25, -0.2) is 4.39 Å². The summed E-state index contributed by atoms with van der Waals surface area (Å²) in [5.41, 5.74) is 1.05. The number of hydrogen-bond donors (Lipinski definition) is 2. The predicted octanol–water partition coefficient (Wildman–Crippen LogP) is 2.67. The first-order valence-electron chi connectivity index (χ1n) is 6.34. The quantitative estimate of drug-likeness (QED) is 0.842. The van der Waals surface area contributed by atoms with Crippen molar-refractivity contribution in [1.29, 1.82) is 0 Å². The Morgan fingerprint density at radius 3 is 2.58 bits per heavy atom. The molecule has 2 aromatic rings. The molecule has 2 rings (SSSR count). The first-order chi connectivity index (χ1) is 9.19. The second-order valence-electron chi connectivity index (χ2n) is 4.65. The van der Waals surface area contributed by atoms with Crippen LogP contribution in [-0.2, 0) is 6.42 Å². The lowest BCUT2D eigenvalue weighted by Gasteiger charge is -2.20. The normalized spacial score (nSPS) is 14.3. The molecule has 0 spiro atoms. The van der Waals surface area contributed by atoms with Crippen LogP contribution < -0.4 is 5.32 Å². The molecule has 0 saturated heterocycles. The molecule has 2 unspecified atom stereocenters. The largest absolute Gasteiger partial charge is 0.468 e. The van der Waals surface area contributed by atoms with E-state index in [2.05, 4.69) is 5.32 Å². The van der Waals surface area contributed by atoms with E-state index in [4.69, 9.17) is 4.42 Å². The van der Waals surface area contributed by atoms with Gasteiger partial charge in [0.1, 0.15) is 11.6 Å². The molecule has 2 N–H and O–H groups in total.